The van der Waals surface area contributed by atoms with Crippen molar-refractivity contribution in [2.75, 3.05) is 7.05 Å². The molecule has 0 heterocycles. The van der Waals surface area contributed by atoms with E-state index < -0.39 is 0 Å². The van der Waals surface area contributed by atoms with E-state index in [9.17, 15) is 0 Å². The molecule has 2 heteroatoms. The van der Waals surface area contributed by atoms with E-state index in [1.54, 1.807) is 0 Å². The quantitative estimate of drug-likeness (QED) is 0.493. The minimum atomic E-state index is 0. The van der Waals surface area contributed by atoms with E-state index in [1.165, 1.54) is 5.56 Å². The summed E-state index contributed by atoms with van der Waals surface area (Å²) in [5, 5.41) is 3.08. The second-order valence-electron chi connectivity index (χ2n) is 2.02. The predicted molar refractivity (Wildman–Crippen MR) is 39.2 cm³/mol. The second kappa shape index (κ2) is 5.93. The van der Waals surface area contributed by atoms with E-state index in [1.807, 2.05) is 25.2 Å². The SMILES string of the molecule is CNCc1ccccc1.[Na+]. The van der Waals surface area contributed by atoms with E-state index in [-0.39, 0.29) is 29.6 Å². The third-order valence-corrected chi connectivity index (χ3v) is 1.22. The Morgan fingerprint density at radius 1 is 1.20 bits per heavy atom. The molecule has 0 fully saturated rings. The minimum absolute atomic E-state index is 0. The molecule has 1 aromatic carbocycles. The Labute approximate surface area is 84.1 Å². The third kappa shape index (κ3) is 3.37. The van der Waals surface area contributed by atoms with Crippen molar-refractivity contribution in [1.82, 2.24) is 5.32 Å². The van der Waals surface area contributed by atoms with Gasteiger partial charge in [0, 0.05) is 6.54 Å². The standard InChI is InChI=1S/C8H11N.Na/c1-9-7-8-5-3-2-4-6-8;/h2-6,9H,7H2,1H3;/q;+1. The van der Waals surface area contributed by atoms with Crippen LogP contribution in [0.5, 0.6) is 0 Å². The second-order valence-corrected chi connectivity index (χ2v) is 2.02. The maximum atomic E-state index is 3.08. The van der Waals surface area contributed by atoms with Crippen molar-refractivity contribution in [3.63, 3.8) is 0 Å². The van der Waals surface area contributed by atoms with Gasteiger partial charge in [0.25, 0.3) is 0 Å². The van der Waals surface area contributed by atoms with Crippen molar-refractivity contribution >= 4 is 0 Å². The summed E-state index contributed by atoms with van der Waals surface area (Å²) in [4.78, 5) is 0. The molecule has 0 spiro atoms. The topological polar surface area (TPSA) is 12.0 Å². The Bertz CT molecular complexity index is 162. The summed E-state index contributed by atoms with van der Waals surface area (Å²) in [6.07, 6.45) is 0. The van der Waals surface area contributed by atoms with E-state index in [2.05, 4.69) is 17.4 Å². The Kier molecular flexibility index (Phi) is 6.03. The van der Waals surface area contributed by atoms with Crippen LogP contribution in [-0.2, 0) is 6.54 Å². The molecule has 1 rings (SSSR count). The molecule has 1 N–H and O–H groups in total. The van der Waals surface area contributed by atoms with Gasteiger partial charge in [-0.05, 0) is 12.6 Å². The molecular weight excluding hydrogens is 133 g/mol. The molecule has 10 heavy (non-hydrogen) atoms. The largest absolute Gasteiger partial charge is 1.00 e. The zero-order valence-electron chi connectivity index (χ0n) is 6.59. The van der Waals surface area contributed by atoms with Crippen molar-refractivity contribution in [3.05, 3.63) is 35.9 Å². The fourth-order valence-electron chi connectivity index (χ4n) is 0.800. The number of hydrogen-bond donors (Lipinski definition) is 1. The van der Waals surface area contributed by atoms with Crippen molar-refractivity contribution in [1.29, 1.82) is 0 Å². The van der Waals surface area contributed by atoms with E-state index in [0.717, 1.165) is 6.54 Å². The van der Waals surface area contributed by atoms with Crippen molar-refractivity contribution < 1.29 is 29.6 Å². The van der Waals surface area contributed by atoms with Crippen LogP contribution in [0.3, 0.4) is 0 Å². The monoisotopic (exact) mass is 144 g/mol. The first kappa shape index (κ1) is 10.2. The number of benzene rings is 1. The van der Waals surface area contributed by atoms with E-state index in [4.69, 9.17) is 0 Å². The van der Waals surface area contributed by atoms with Crippen LogP contribution in [0, 0.1) is 0 Å². The molecule has 1 aromatic rings. The van der Waals surface area contributed by atoms with Crippen LogP contribution < -0.4 is 34.9 Å². The van der Waals surface area contributed by atoms with Gasteiger partial charge in [-0.25, -0.2) is 0 Å². The summed E-state index contributed by atoms with van der Waals surface area (Å²) in [5.41, 5.74) is 1.33. The van der Waals surface area contributed by atoms with Crippen LogP contribution in [0.15, 0.2) is 30.3 Å². The predicted octanol–water partition coefficient (Wildman–Crippen LogP) is -1.59. The molecule has 0 amide bonds. The Hall–Kier alpha value is 0.180. The maximum Gasteiger partial charge on any atom is 1.00 e. The summed E-state index contributed by atoms with van der Waals surface area (Å²) in [7, 11) is 1.95. The van der Waals surface area contributed by atoms with Crippen LogP contribution in [0.4, 0.5) is 0 Å². The molecule has 0 bridgehead atoms. The molecule has 0 saturated carbocycles. The van der Waals surface area contributed by atoms with E-state index >= 15 is 0 Å². The Morgan fingerprint density at radius 3 is 2.30 bits per heavy atom. The van der Waals surface area contributed by atoms with Crippen LogP contribution >= 0.6 is 0 Å². The molecule has 0 atom stereocenters. The van der Waals surface area contributed by atoms with Gasteiger partial charge < -0.3 is 5.32 Å². The number of nitrogens with one attached hydrogen (secondary N) is 1. The van der Waals surface area contributed by atoms with Gasteiger partial charge in [0.2, 0.25) is 0 Å². The molecule has 1 nitrogen and oxygen atoms in total. The first-order valence-electron chi connectivity index (χ1n) is 3.12. The van der Waals surface area contributed by atoms with Crippen LogP contribution in [-0.4, -0.2) is 7.05 Å². The maximum absolute atomic E-state index is 3.08. The van der Waals surface area contributed by atoms with Gasteiger partial charge in [0.1, 0.15) is 0 Å². The Balaban J connectivity index is 0.000000810. The van der Waals surface area contributed by atoms with Crippen molar-refractivity contribution in [3.8, 4) is 0 Å². The Morgan fingerprint density at radius 2 is 1.80 bits per heavy atom. The molecule has 0 aromatic heterocycles. The summed E-state index contributed by atoms with van der Waals surface area (Å²) in [6, 6.07) is 10.3. The minimum Gasteiger partial charge on any atom is -0.316 e. The summed E-state index contributed by atoms with van der Waals surface area (Å²) in [5.74, 6) is 0. The van der Waals surface area contributed by atoms with Crippen LogP contribution in [0.25, 0.3) is 0 Å². The first-order valence-corrected chi connectivity index (χ1v) is 3.12. The molecular formula is C8H11NNa+. The van der Waals surface area contributed by atoms with E-state index in [0.29, 0.717) is 0 Å². The summed E-state index contributed by atoms with van der Waals surface area (Å²) in [6.45, 7) is 0.959. The summed E-state index contributed by atoms with van der Waals surface area (Å²) >= 11 is 0. The van der Waals surface area contributed by atoms with Crippen LogP contribution in [0.1, 0.15) is 5.56 Å². The fourth-order valence-corrected chi connectivity index (χ4v) is 0.800. The van der Waals surface area contributed by atoms with Gasteiger partial charge in [-0.3, -0.25) is 0 Å². The van der Waals surface area contributed by atoms with Gasteiger partial charge in [0.05, 0.1) is 0 Å². The number of rotatable bonds is 2. The fraction of sp³-hybridized carbons (Fsp3) is 0.250. The van der Waals surface area contributed by atoms with Gasteiger partial charge in [-0.1, -0.05) is 30.3 Å². The molecule has 0 radical (unpaired) electrons. The summed E-state index contributed by atoms with van der Waals surface area (Å²) < 4.78 is 0. The van der Waals surface area contributed by atoms with Gasteiger partial charge >= 0.3 is 29.6 Å². The molecule has 0 aliphatic rings. The zero-order chi connectivity index (χ0) is 6.53. The molecule has 0 aliphatic carbocycles. The third-order valence-electron chi connectivity index (χ3n) is 1.22. The van der Waals surface area contributed by atoms with Gasteiger partial charge in [-0.2, -0.15) is 0 Å². The number of hydrogen-bond acceptors (Lipinski definition) is 1. The average molecular weight is 144 g/mol. The average Bonchev–Trinajstić information content (AvgIpc) is 1.91. The van der Waals surface area contributed by atoms with Crippen molar-refractivity contribution in [2.45, 2.75) is 6.54 Å². The molecule has 48 valence electrons. The molecule has 0 unspecified atom stereocenters. The van der Waals surface area contributed by atoms with Crippen LogP contribution in [0.2, 0.25) is 0 Å². The molecule has 0 saturated heterocycles. The van der Waals surface area contributed by atoms with Crippen molar-refractivity contribution in [2.24, 2.45) is 0 Å². The molecule has 0 aliphatic heterocycles. The smallest absolute Gasteiger partial charge is 0.316 e. The van der Waals surface area contributed by atoms with Gasteiger partial charge in [-0.15, -0.1) is 0 Å². The van der Waals surface area contributed by atoms with Gasteiger partial charge in [0.15, 0.2) is 0 Å². The first-order chi connectivity index (χ1) is 4.43. The zero-order valence-corrected chi connectivity index (χ0v) is 8.59. The normalized spacial score (nSPS) is 8.50.